The van der Waals surface area contributed by atoms with Crippen LogP contribution >= 0.6 is 0 Å². The number of para-hydroxylation sites is 1. The van der Waals surface area contributed by atoms with E-state index >= 15 is 0 Å². The maximum Gasteiger partial charge on any atom is 0.0841 e. The fourth-order valence-electron chi connectivity index (χ4n) is 3.02. The number of aryl methyl sites for hydroxylation is 1. The molecule has 0 radical (unpaired) electrons. The van der Waals surface area contributed by atoms with Gasteiger partial charge < -0.3 is 10.1 Å². The Kier molecular flexibility index (Phi) is 4.88. The number of aromatic nitrogens is 2. The fourth-order valence-corrected chi connectivity index (χ4v) is 3.02. The Balaban J connectivity index is 1.74. The van der Waals surface area contributed by atoms with Crippen molar-refractivity contribution in [1.29, 1.82) is 0 Å². The number of hydrogen-bond donors (Lipinski definition) is 1. The van der Waals surface area contributed by atoms with Gasteiger partial charge in [0.05, 0.1) is 17.3 Å². The first kappa shape index (κ1) is 14.5. The lowest BCUT2D eigenvalue weighted by atomic mass is 10.2. The summed E-state index contributed by atoms with van der Waals surface area (Å²) in [6.07, 6.45) is 5.04. The summed E-state index contributed by atoms with van der Waals surface area (Å²) in [5.74, 6) is 0. The minimum absolute atomic E-state index is 0.426. The number of fused-ring (bicyclic) bond motifs is 1. The Morgan fingerprint density at radius 2 is 2.29 bits per heavy atom. The molecule has 0 spiro atoms. The molecule has 1 aromatic heterocycles. The lowest BCUT2D eigenvalue weighted by Crippen LogP contribution is -2.15. The van der Waals surface area contributed by atoms with Crippen LogP contribution in [0, 0.1) is 0 Å². The van der Waals surface area contributed by atoms with E-state index in [-0.39, 0.29) is 0 Å². The molecule has 1 aliphatic heterocycles. The third-order valence-corrected chi connectivity index (χ3v) is 4.14. The van der Waals surface area contributed by atoms with Crippen LogP contribution in [0.3, 0.4) is 0 Å². The summed E-state index contributed by atoms with van der Waals surface area (Å²) in [6, 6.07) is 8.53. The molecular formula is C17H25N3O. The van der Waals surface area contributed by atoms with Gasteiger partial charge in [0.15, 0.2) is 0 Å². The van der Waals surface area contributed by atoms with Gasteiger partial charge in [0.1, 0.15) is 0 Å². The normalized spacial score (nSPS) is 18.6. The SMILES string of the molecule is CCCNCc1nn(CCC2CCCO2)c2ccccc12. The molecule has 4 heteroatoms. The van der Waals surface area contributed by atoms with Crippen molar-refractivity contribution >= 4 is 10.9 Å². The number of hydrogen-bond acceptors (Lipinski definition) is 3. The van der Waals surface area contributed by atoms with Crippen LogP contribution in [-0.2, 0) is 17.8 Å². The second-order valence-corrected chi connectivity index (χ2v) is 5.79. The lowest BCUT2D eigenvalue weighted by molar-refractivity contribution is 0.0997. The van der Waals surface area contributed by atoms with Gasteiger partial charge in [-0.25, -0.2) is 0 Å². The van der Waals surface area contributed by atoms with Crippen molar-refractivity contribution in [3.8, 4) is 0 Å². The van der Waals surface area contributed by atoms with Crippen LogP contribution in [0.15, 0.2) is 24.3 Å². The van der Waals surface area contributed by atoms with E-state index in [0.29, 0.717) is 6.10 Å². The van der Waals surface area contributed by atoms with Gasteiger partial charge in [-0.1, -0.05) is 25.1 Å². The summed E-state index contributed by atoms with van der Waals surface area (Å²) in [5.41, 5.74) is 2.40. The van der Waals surface area contributed by atoms with Gasteiger partial charge in [-0.15, -0.1) is 0 Å². The summed E-state index contributed by atoms with van der Waals surface area (Å²) >= 11 is 0. The fraction of sp³-hybridized carbons (Fsp3) is 0.588. The third kappa shape index (κ3) is 3.44. The smallest absolute Gasteiger partial charge is 0.0841 e. The van der Waals surface area contributed by atoms with Crippen LogP contribution in [0.1, 0.15) is 38.3 Å². The van der Waals surface area contributed by atoms with Crippen LogP contribution in [0.2, 0.25) is 0 Å². The maximum atomic E-state index is 5.72. The molecule has 1 fully saturated rings. The van der Waals surface area contributed by atoms with Gasteiger partial charge in [0.2, 0.25) is 0 Å². The molecule has 1 aliphatic rings. The Bertz CT molecular complexity index is 572. The third-order valence-electron chi connectivity index (χ3n) is 4.14. The Labute approximate surface area is 126 Å². The minimum atomic E-state index is 0.426. The molecule has 114 valence electrons. The van der Waals surface area contributed by atoms with E-state index in [0.717, 1.165) is 44.8 Å². The second kappa shape index (κ2) is 7.05. The van der Waals surface area contributed by atoms with Gasteiger partial charge in [-0.3, -0.25) is 4.68 Å². The summed E-state index contributed by atoms with van der Waals surface area (Å²) in [5, 5.41) is 9.55. The molecule has 2 aromatic rings. The van der Waals surface area contributed by atoms with E-state index in [4.69, 9.17) is 9.84 Å². The second-order valence-electron chi connectivity index (χ2n) is 5.79. The van der Waals surface area contributed by atoms with E-state index in [1.54, 1.807) is 0 Å². The number of nitrogens with zero attached hydrogens (tertiary/aromatic N) is 2. The molecule has 1 atom stereocenters. The summed E-state index contributed by atoms with van der Waals surface area (Å²) < 4.78 is 7.87. The highest BCUT2D eigenvalue weighted by Gasteiger charge is 2.16. The molecule has 0 aliphatic carbocycles. The van der Waals surface area contributed by atoms with Crippen molar-refractivity contribution in [2.24, 2.45) is 0 Å². The highest BCUT2D eigenvalue weighted by molar-refractivity contribution is 5.81. The predicted octanol–water partition coefficient (Wildman–Crippen LogP) is 3.11. The van der Waals surface area contributed by atoms with Crippen LogP contribution in [0.4, 0.5) is 0 Å². The monoisotopic (exact) mass is 287 g/mol. The zero-order chi connectivity index (χ0) is 14.5. The highest BCUT2D eigenvalue weighted by Crippen LogP contribution is 2.21. The standard InChI is InChI=1S/C17H25N3O/c1-2-10-18-13-16-15-7-3-4-8-17(15)20(19-16)11-9-14-6-5-12-21-14/h3-4,7-8,14,18H,2,5-6,9-13H2,1H3. The molecule has 3 rings (SSSR count). The first-order valence-corrected chi connectivity index (χ1v) is 8.15. The van der Waals surface area contributed by atoms with E-state index in [1.165, 1.54) is 23.7 Å². The zero-order valence-corrected chi connectivity index (χ0v) is 12.8. The highest BCUT2D eigenvalue weighted by atomic mass is 16.5. The molecule has 0 saturated carbocycles. The summed E-state index contributed by atoms with van der Waals surface area (Å²) in [7, 11) is 0. The topological polar surface area (TPSA) is 39.1 Å². The van der Waals surface area contributed by atoms with Crippen molar-refractivity contribution in [1.82, 2.24) is 15.1 Å². The van der Waals surface area contributed by atoms with Gasteiger partial charge in [0, 0.05) is 25.1 Å². The molecule has 21 heavy (non-hydrogen) atoms. The number of benzene rings is 1. The van der Waals surface area contributed by atoms with E-state index < -0.39 is 0 Å². The average Bonchev–Trinajstić information content (AvgIpc) is 3.14. The average molecular weight is 287 g/mol. The number of ether oxygens (including phenoxy) is 1. The molecule has 4 nitrogen and oxygen atoms in total. The molecule has 0 amide bonds. The molecule has 1 saturated heterocycles. The summed E-state index contributed by atoms with van der Waals surface area (Å²) in [4.78, 5) is 0. The predicted molar refractivity (Wildman–Crippen MR) is 85.3 cm³/mol. The van der Waals surface area contributed by atoms with Gasteiger partial charge >= 0.3 is 0 Å². The van der Waals surface area contributed by atoms with E-state index in [9.17, 15) is 0 Å². The molecule has 1 unspecified atom stereocenters. The minimum Gasteiger partial charge on any atom is -0.378 e. The first-order chi connectivity index (χ1) is 10.4. The molecular weight excluding hydrogens is 262 g/mol. The molecule has 1 aromatic carbocycles. The van der Waals surface area contributed by atoms with Crippen molar-refractivity contribution in [3.05, 3.63) is 30.0 Å². The first-order valence-electron chi connectivity index (χ1n) is 8.15. The lowest BCUT2D eigenvalue weighted by Gasteiger charge is -2.09. The largest absolute Gasteiger partial charge is 0.378 e. The zero-order valence-electron chi connectivity index (χ0n) is 12.8. The maximum absolute atomic E-state index is 5.72. The summed E-state index contributed by atoms with van der Waals surface area (Å²) in [6.45, 7) is 5.94. The van der Waals surface area contributed by atoms with Crippen LogP contribution < -0.4 is 5.32 Å². The quantitative estimate of drug-likeness (QED) is 0.795. The van der Waals surface area contributed by atoms with Crippen LogP contribution in [-0.4, -0.2) is 29.0 Å². The van der Waals surface area contributed by atoms with Crippen LogP contribution in [0.25, 0.3) is 10.9 Å². The number of nitrogens with one attached hydrogen (secondary N) is 1. The molecule has 0 bridgehead atoms. The van der Waals surface area contributed by atoms with E-state index in [1.807, 2.05) is 0 Å². The Morgan fingerprint density at radius 1 is 1.38 bits per heavy atom. The van der Waals surface area contributed by atoms with Gasteiger partial charge in [0.25, 0.3) is 0 Å². The van der Waals surface area contributed by atoms with Crippen molar-refractivity contribution < 1.29 is 4.74 Å². The van der Waals surface area contributed by atoms with Crippen molar-refractivity contribution in [3.63, 3.8) is 0 Å². The van der Waals surface area contributed by atoms with Crippen LogP contribution in [0.5, 0.6) is 0 Å². The Morgan fingerprint density at radius 3 is 3.10 bits per heavy atom. The van der Waals surface area contributed by atoms with Gasteiger partial charge in [-0.05, 0) is 38.3 Å². The molecule has 1 N–H and O–H groups in total. The van der Waals surface area contributed by atoms with E-state index in [2.05, 4.69) is 41.2 Å². The Hall–Kier alpha value is -1.39. The van der Waals surface area contributed by atoms with Crippen molar-refractivity contribution in [2.75, 3.05) is 13.2 Å². The van der Waals surface area contributed by atoms with Crippen molar-refractivity contribution in [2.45, 2.75) is 51.8 Å². The number of rotatable bonds is 7. The van der Waals surface area contributed by atoms with Gasteiger partial charge in [-0.2, -0.15) is 5.10 Å². The molecule has 2 heterocycles.